The molecular formula is C14H10N2O3. The number of carbonyl (C=O) groups is 2. The van der Waals surface area contributed by atoms with Gasteiger partial charge in [0.05, 0.1) is 16.9 Å². The van der Waals surface area contributed by atoms with Gasteiger partial charge < -0.3 is 16.6 Å². The highest BCUT2D eigenvalue weighted by atomic mass is 16.3. The largest absolute Gasteiger partial charge is 0.504 e. The lowest BCUT2D eigenvalue weighted by atomic mass is 9.83. The number of anilines is 2. The Balaban J connectivity index is 2.40. The van der Waals surface area contributed by atoms with Gasteiger partial charge in [-0.1, -0.05) is 24.3 Å². The highest BCUT2D eigenvalue weighted by Crippen LogP contribution is 2.38. The molecule has 0 unspecified atom stereocenters. The normalized spacial score (nSPS) is 13.1. The molecule has 1 aliphatic carbocycles. The number of aromatic hydroxyl groups is 1. The summed E-state index contributed by atoms with van der Waals surface area (Å²) in [7, 11) is 0. The van der Waals surface area contributed by atoms with Gasteiger partial charge in [0, 0.05) is 16.7 Å². The van der Waals surface area contributed by atoms with Crippen LogP contribution in [0.5, 0.6) is 5.75 Å². The molecule has 0 bridgehead atoms. The molecule has 1 aliphatic rings. The molecule has 0 aliphatic heterocycles. The summed E-state index contributed by atoms with van der Waals surface area (Å²) in [6.45, 7) is 0. The summed E-state index contributed by atoms with van der Waals surface area (Å²) in [6.07, 6.45) is 0. The number of benzene rings is 2. The van der Waals surface area contributed by atoms with Crippen LogP contribution in [0.1, 0.15) is 31.8 Å². The summed E-state index contributed by atoms with van der Waals surface area (Å²) in [6, 6.07) is 7.78. The van der Waals surface area contributed by atoms with Crippen molar-refractivity contribution in [2.75, 3.05) is 11.5 Å². The van der Waals surface area contributed by atoms with Crippen LogP contribution in [-0.4, -0.2) is 16.7 Å². The van der Waals surface area contributed by atoms with E-state index >= 15 is 0 Å². The lowest BCUT2D eigenvalue weighted by Gasteiger charge is -2.20. The number of hydrogen-bond acceptors (Lipinski definition) is 5. The number of carbonyl (C=O) groups excluding carboxylic acids is 2. The van der Waals surface area contributed by atoms with E-state index in [2.05, 4.69) is 0 Å². The molecule has 0 saturated heterocycles. The zero-order chi connectivity index (χ0) is 13.7. The van der Waals surface area contributed by atoms with E-state index in [1.165, 1.54) is 6.07 Å². The monoisotopic (exact) mass is 254 g/mol. The van der Waals surface area contributed by atoms with Gasteiger partial charge in [-0.25, -0.2) is 0 Å². The third-order valence-electron chi connectivity index (χ3n) is 3.26. The Hall–Kier alpha value is -2.82. The summed E-state index contributed by atoms with van der Waals surface area (Å²) in [5.41, 5.74) is 11.9. The number of phenols is 1. The van der Waals surface area contributed by atoms with Crippen molar-refractivity contribution in [1.82, 2.24) is 0 Å². The summed E-state index contributed by atoms with van der Waals surface area (Å²) in [4.78, 5) is 24.7. The van der Waals surface area contributed by atoms with Crippen molar-refractivity contribution in [2.45, 2.75) is 0 Å². The molecule has 5 nitrogen and oxygen atoms in total. The second-order valence-electron chi connectivity index (χ2n) is 4.35. The predicted molar refractivity (Wildman–Crippen MR) is 70.2 cm³/mol. The van der Waals surface area contributed by atoms with Gasteiger partial charge in [0.2, 0.25) is 0 Å². The molecule has 3 rings (SSSR count). The van der Waals surface area contributed by atoms with E-state index in [1.807, 2.05) is 0 Å². The molecule has 0 radical (unpaired) electrons. The first-order chi connectivity index (χ1) is 9.02. The number of fused-ring (bicyclic) bond motifs is 2. The quantitative estimate of drug-likeness (QED) is 0.414. The van der Waals surface area contributed by atoms with E-state index in [9.17, 15) is 14.7 Å². The third kappa shape index (κ3) is 1.35. The van der Waals surface area contributed by atoms with Gasteiger partial charge in [0.25, 0.3) is 0 Å². The standard InChI is InChI=1S/C14H10N2O3/c15-9-5-8-10(11(16)14(9)19)13(18)7-4-2-1-3-6(7)12(8)17/h1-5,19H,15-16H2. The Labute approximate surface area is 108 Å². The second kappa shape index (κ2) is 3.58. The number of rotatable bonds is 0. The molecule has 0 fully saturated rings. The summed E-state index contributed by atoms with van der Waals surface area (Å²) in [5, 5.41) is 9.70. The van der Waals surface area contributed by atoms with Crippen molar-refractivity contribution in [3.8, 4) is 5.75 Å². The fraction of sp³-hybridized carbons (Fsp3) is 0. The molecule has 5 N–H and O–H groups in total. The molecule has 0 heterocycles. The van der Waals surface area contributed by atoms with Crippen LogP contribution in [0, 0.1) is 0 Å². The summed E-state index contributed by atoms with van der Waals surface area (Å²) in [5.74, 6) is -1.05. The van der Waals surface area contributed by atoms with Gasteiger partial charge in [0.1, 0.15) is 0 Å². The maximum atomic E-state index is 12.4. The average molecular weight is 254 g/mol. The van der Waals surface area contributed by atoms with Crippen molar-refractivity contribution in [3.05, 3.63) is 52.6 Å². The number of phenolic OH excluding ortho intramolecular Hbond substituents is 1. The Morgan fingerprint density at radius 2 is 1.47 bits per heavy atom. The van der Waals surface area contributed by atoms with E-state index in [4.69, 9.17) is 11.5 Å². The molecule has 0 amide bonds. The lowest BCUT2D eigenvalue weighted by molar-refractivity contribution is 0.0979. The van der Waals surface area contributed by atoms with Crippen molar-refractivity contribution >= 4 is 22.9 Å². The predicted octanol–water partition coefficient (Wildman–Crippen LogP) is 1.33. The first-order valence-electron chi connectivity index (χ1n) is 5.61. The minimum Gasteiger partial charge on any atom is -0.504 e. The SMILES string of the molecule is Nc1cc2c(c(N)c1O)C(=O)c1ccccc1C2=O. The zero-order valence-electron chi connectivity index (χ0n) is 9.81. The number of nitrogens with two attached hydrogens (primary N) is 2. The molecule has 19 heavy (non-hydrogen) atoms. The van der Waals surface area contributed by atoms with Crippen molar-refractivity contribution in [2.24, 2.45) is 0 Å². The van der Waals surface area contributed by atoms with E-state index in [0.29, 0.717) is 5.56 Å². The van der Waals surface area contributed by atoms with Gasteiger partial charge in [-0.2, -0.15) is 0 Å². The maximum Gasteiger partial charge on any atom is 0.196 e. The molecule has 0 spiro atoms. The van der Waals surface area contributed by atoms with Gasteiger partial charge in [-0.3, -0.25) is 9.59 Å². The van der Waals surface area contributed by atoms with E-state index < -0.39 is 0 Å². The van der Waals surface area contributed by atoms with Gasteiger partial charge >= 0.3 is 0 Å². The van der Waals surface area contributed by atoms with E-state index in [0.717, 1.165) is 0 Å². The van der Waals surface area contributed by atoms with Crippen LogP contribution in [0.4, 0.5) is 11.4 Å². The molecule has 0 aromatic heterocycles. The number of hydrogen-bond donors (Lipinski definition) is 3. The third-order valence-corrected chi connectivity index (χ3v) is 3.26. The van der Waals surface area contributed by atoms with Crippen LogP contribution in [0.3, 0.4) is 0 Å². The highest BCUT2D eigenvalue weighted by Gasteiger charge is 2.32. The molecule has 2 aromatic rings. The Bertz CT molecular complexity index is 751. The van der Waals surface area contributed by atoms with Gasteiger partial charge in [0.15, 0.2) is 17.3 Å². The number of ketones is 2. The molecular weight excluding hydrogens is 244 g/mol. The van der Waals surface area contributed by atoms with Gasteiger partial charge in [-0.05, 0) is 6.07 Å². The molecule has 0 atom stereocenters. The van der Waals surface area contributed by atoms with Crippen LogP contribution in [0.15, 0.2) is 30.3 Å². The van der Waals surface area contributed by atoms with E-state index in [1.54, 1.807) is 24.3 Å². The second-order valence-corrected chi connectivity index (χ2v) is 4.35. The van der Waals surface area contributed by atoms with Crippen LogP contribution in [-0.2, 0) is 0 Å². The highest BCUT2D eigenvalue weighted by molar-refractivity contribution is 6.30. The fourth-order valence-corrected chi connectivity index (χ4v) is 2.30. The maximum absolute atomic E-state index is 12.4. The fourth-order valence-electron chi connectivity index (χ4n) is 2.30. The van der Waals surface area contributed by atoms with Crippen LogP contribution in [0.2, 0.25) is 0 Å². The average Bonchev–Trinajstić information content (AvgIpc) is 2.42. The topological polar surface area (TPSA) is 106 Å². The first-order valence-corrected chi connectivity index (χ1v) is 5.61. The molecule has 94 valence electrons. The summed E-state index contributed by atoms with van der Waals surface area (Å²) < 4.78 is 0. The Morgan fingerprint density at radius 1 is 0.895 bits per heavy atom. The molecule has 2 aromatic carbocycles. The number of nitrogen functional groups attached to an aromatic ring is 2. The van der Waals surface area contributed by atoms with E-state index in [-0.39, 0.29) is 45.4 Å². The van der Waals surface area contributed by atoms with Crippen LogP contribution >= 0.6 is 0 Å². The Kier molecular flexibility index (Phi) is 2.13. The van der Waals surface area contributed by atoms with Crippen LogP contribution in [0.25, 0.3) is 0 Å². The summed E-state index contributed by atoms with van der Waals surface area (Å²) >= 11 is 0. The van der Waals surface area contributed by atoms with Crippen LogP contribution < -0.4 is 11.5 Å². The minimum absolute atomic E-state index is 0.0169. The van der Waals surface area contributed by atoms with Crippen molar-refractivity contribution in [3.63, 3.8) is 0 Å². The molecule has 5 heteroatoms. The van der Waals surface area contributed by atoms with Crippen molar-refractivity contribution < 1.29 is 14.7 Å². The lowest BCUT2D eigenvalue weighted by Crippen LogP contribution is -2.22. The Morgan fingerprint density at radius 3 is 2.11 bits per heavy atom. The van der Waals surface area contributed by atoms with Crippen molar-refractivity contribution in [1.29, 1.82) is 0 Å². The zero-order valence-corrected chi connectivity index (χ0v) is 9.81. The molecule has 0 saturated carbocycles. The smallest absolute Gasteiger partial charge is 0.196 e. The first kappa shape index (κ1) is 11.3. The van der Waals surface area contributed by atoms with Gasteiger partial charge in [-0.15, -0.1) is 0 Å². The minimum atomic E-state index is -0.377.